The Balaban J connectivity index is 2.04. The molecule has 0 aromatic heterocycles. The number of carbonyl (C=O) groups excluding carboxylic acids is 2. The summed E-state index contributed by atoms with van der Waals surface area (Å²) in [6, 6.07) is 15.1. The smallest absolute Gasteiger partial charge is 0.274 e. The third-order valence-corrected chi connectivity index (χ3v) is 2.58. The number of anilines is 1. The van der Waals surface area contributed by atoms with Gasteiger partial charge in [-0.05, 0) is 30.3 Å². The Labute approximate surface area is 115 Å². The summed E-state index contributed by atoms with van der Waals surface area (Å²) in [5.74, 6) is -1.06. The molecule has 0 aliphatic rings. The average molecular weight is 271 g/mol. The molecule has 0 radical (unpaired) electrons. The molecule has 0 atom stereocenters. The lowest BCUT2D eigenvalue weighted by Gasteiger charge is -2.08. The molecule has 102 valence electrons. The minimum Gasteiger partial charge on any atom is -0.298 e. The van der Waals surface area contributed by atoms with Gasteiger partial charge in [0.25, 0.3) is 11.8 Å². The Morgan fingerprint density at radius 2 is 1.50 bits per heavy atom. The Kier molecular flexibility index (Phi) is 4.31. The largest absolute Gasteiger partial charge is 0.298 e. The van der Waals surface area contributed by atoms with Crippen molar-refractivity contribution in [3.8, 4) is 0 Å². The number of hydrogen-bond acceptors (Lipinski definition) is 4. The van der Waals surface area contributed by atoms with Gasteiger partial charge in [-0.1, -0.05) is 24.3 Å². The number of benzene rings is 2. The van der Waals surface area contributed by atoms with Crippen LogP contribution in [0, 0.1) is 0 Å². The highest BCUT2D eigenvalue weighted by Gasteiger charge is 2.09. The van der Waals surface area contributed by atoms with Gasteiger partial charge in [0.2, 0.25) is 0 Å². The lowest BCUT2D eigenvalue weighted by Crippen LogP contribution is -2.29. The maximum Gasteiger partial charge on any atom is 0.274 e. The zero-order valence-electron chi connectivity index (χ0n) is 10.5. The van der Waals surface area contributed by atoms with Crippen LogP contribution in [0.2, 0.25) is 0 Å². The molecule has 0 bridgehead atoms. The number of hydroxylamine groups is 1. The van der Waals surface area contributed by atoms with Crippen LogP contribution >= 0.6 is 0 Å². The Hall–Kier alpha value is -2.86. The predicted octanol–water partition coefficient (Wildman–Crippen LogP) is 1.56. The van der Waals surface area contributed by atoms with Crippen LogP contribution in [0.1, 0.15) is 20.7 Å². The van der Waals surface area contributed by atoms with Crippen LogP contribution in [-0.4, -0.2) is 17.0 Å². The molecule has 0 spiro atoms. The highest BCUT2D eigenvalue weighted by molar-refractivity contribution is 5.99. The van der Waals surface area contributed by atoms with E-state index in [2.05, 4.69) is 10.9 Å². The van der Waals surface area contributed by atoms with Crippen LogP contribution in [0.15, 0.2) is 54.6 Å². The number of nitrogens with one attached hydrogen (secondary N) is 3. The fraction of sp³-hybridized carbons (Fsp3) is 0. The summed E-state index contributed by atoms with van der Waals surface area (Å²) in [5.41, 5.74) is 8.03. The minimum atomic E-state index is -0.671. The summed E-state index contributed by atoms with van der Waals surface area (Å²) >= 11 is 0. The fourth-order valence-corrected chi connectivity index (χ4v) is 1.59. The van der Waals surface area contributed by atoms with E-state index in [9.17, 15) is 9.59 Å². The van der Waals surface area contributed by atoms with Crippen molar-refractivity contribution in [1.29, 1.82) is 0 Å². The van der Waals surface area contributed by atoms with E-state index in [1.165, 1.54) is 17.6 Å². The van der Waals surface area contributed by atoms with Crippen molar-refractivity contribution in [2.45, 2.75) is 0 Å². The van der Waals surface area contributed by atoms with Crippen LogP contribution < -0.4 is 16.3 Å². The summed E-state index contributed by atoms with van der Waals surface area (Å²) in [5, 5.41) is 8.56. The number of amides is 2. The van der Waals surface area contributed by atoms with Gasteiger partial charge in [-0.2, -0.15) is 0 Å². The fourth-order valence-electron chi connectivity index (χ4n) is 1.59. The SMILES string of the molecule is O=C(NO)c1cccc(C(=O)NNc2ccccc2)c1. The van der Waals surface area contributed by atoms with E-state index < -0.39 is 5.91 Å². The molecule has 2 amide bonds. The summed E-state index contributed by atoms with van der Waals surface area (Å²) in [6.45, 7) is 0. The third-order valence-electron chi connectivity index (χ3n) is 2.58. The molecule has 0 heterocycles. The Morgan fingerprint density at radius 3 is 2.15 bits per heavy atom. The first-order chi connectivity index (χ1) is 9.70. The van der Waals surface area contributed by atoms with Crippen LogP contribution in [0.5, 0.6) is 0 Å². The first kappa shape index (κ1) is 13.6. The molecule has 0 saturated heterocycles. The van der Waals surface area contributed by atoms with E-state index in [1.807, 2.05) is 18.2 Å². The predicted molar refractivity (Wildman–Crippen MR) is 73.2 cm³/mol. The van der Waals surface area contributed by atoms with Crippen molar-refractivity contribution >= 4 is 17.5 Å². The second-order valence-corrected chi connectivity index (χ2v) is 3.97. The van der Waals surface area contributed by atoms with Crippen molar-refractivity contribution < 1.29 is 14.8 Å². The molecular formula is C14H13N3O3. The normalized spacial score (nSPS) is 9.65. The van der Waals surface area contributed by atoms with Crippen molar-refractivity contribution in [1.82, 2.24) is 10.9 Å². The highest BCUT2D eigenvalue weighted by atomic mass is 16.5. The molecule has 0 fully saturated rings. The second kappa shape index (κ2) is 6.35. The molecule has 6 nitrogen and oxygen atoms in total. The van der Waals surface area contributed by atoms with Gasteiger partial charge in [0.1, 0.15) is 0 Å². The first-order valence-electron chi connectivity index (χ1n) is 5.86. The zero-order chi connectivity index (χ0) is 14.4. The van der Waals surface area contributed by atoms with Crippen LogP contribution in [0.4, 0.5) is 5.69 Å². The number of rotatable bonds is 4. The number of hydrazine groups is 1. The van der Waals surface area contributed by atoms with E-state index >= 15 is 0 Å². The summed E-state index contributed by atoms with van der Waals surface area (Å²) in [6.07, 6.45) is 0. The van der Waals surface area contributed by atoms with E-state index in [1.54, 1.807) is 24.3 Å². The monoisotopic (exact) mass is 271 g/mol. The number of carbonyl (C=O) groups is 2. The van der Waals surface area contributed by atoms with Crippen molar-refractivity contribution in [2.24, 2.45) is 0 Å². The number of hydrogen-bond donors (Lipinski definition) is 4. The lowest BCUT2D eigenvalue weighted by molar-refractivity contribution is 0.0706. The lowest BCUT2D eigenvalue weighted by atomic mass is 10.1. The average Bonchev–Trinajstić information content (AvgIpc) is 2.53. The van der Waals surface area contributed by atoms with E-state index in [4.69, 9.17) is 5.21 Å². The summed E-state index contributed by atoms with van der Waals surface area (Å²) in [7, 11) is 0. The molecule has 0 aliphatic heterocycles. The van der Waals surface area contributed by atoms with Gasteiger partial charge in [-0.3, -0.25) is 25.6 Å². The molecular weight excluding hydrogens is 258 g/mol. The van der Waals surface area contributed by atoms with Crippen LogP contribution in [-0.2, 0) is 0 Å². The van der Waals surface area contributed by atoms with Gasteiger partial charge in [-0.15, -0.1) is 0 Å². The van der Waals surface area contributed by atoms with Crippen LogP contribution in [0.3, 0.4) is 0 Å². The standard InChI is InChI=1S/C14H13N3O3/c18-13(16-15-12-7-2-1-3-8-12)10-5-4-6-11(9-10)14(19)17-20/h1-9,15,20H,(H,16,18)(H,17,19). The van der Waals surface area contributed by atoms with Crippen LogP contribution in [0.25, 0.3) is 0 Å². The summed E-state index contributed by atoms with van der Waals surface area (Å²) < 4.78 is 0. The quantitative estimate of drug-likeness (QED) is 0.502. The third kappa shape index (κ3) is 3.33. The van der Waals surface area contributed by atoms with E-state index in [0.717, 1.165) is 5.69 Å². The zero-order valence-corrected chi connectivity index (χ0v) is 10.5. The molecule has 4 N–H and O–H groups in total. The van der Waals surface area contributed by atoms with Gasteiger partial charge < -0.3 is 0 Å². The topological polar surface area (TPSA) is 90.5 Å². The second-order valence-electron chi connectivity index (χ2n) is 3.97. The molecule has 0 aliphatic carbocycles. The Morgan fingerprint density at radius 1 is 0.850 bits per heavy atom. The highest BCUT2D eigenvalue weighted by Crippen LogP contribution is 2.06. The first-order valence-corrected chi connectivity index (χ1v) is 5.86. The molecule has 2 rings (SSSR count). The summed E-state index contributed by atoms with van der Waals surface area (Å²) in [4.78, 5) is 23.2. The van der Waals surface area contributed by atoms with Gasteiger partial charge in [0.05, 0.1) is 5.69 Å². The molecule has 20 heavy (non-hydrogen) atoms. The molecule has 2 aromatic rings. The molecule has 2 aromatic carbocycles. The van der Waals surface area contributed by atoms with Gasteiger partial charge >= 0.3 is 0 Å². The van der Waals surface area contributed by atoms with Gasteiger partial charge in [0.15, 0.2) is 0 Å². The van der Waals surface area contributed by atoms with E-state index in [0.29, 0.717) is 5.56 Å². The Bertz CT molecular complexity index is 614. The number of para-hydroxylation sites is 1. The van der Waals surface area contributed by atoms with Crippen molar-refractivity contribution in [2.75, 3.05) is 5.43 Å². The molecule has 0 unspecified atom stereocenters. The van der Waals surface area contributed by atoms with Gasteiger partial charge in [-0.25, -0.2) is 5.48 Å². The molecule has 6 heteroatoms. The maximum absolute atomic E-state index is 11.9. The maximum atomic E-state index is 11.9. The molecule has 0 saturated carbocycles. The van der Waals surface area contributed by atoms with E-state index in [-0.39, 0.29) is 11.5 Å². The van der Waals surface area contributed by atoms with Crippen molar-refractivity contribution in [3.05, 3.63) is 65.7 Å². The van der Waals surface area contributed by atoms with Crippen molar-refractivity contribution in [3.63, 3.8) is 0 Å². The van der Waals surface area contributed by atoms with Gasteiger partial charge in [0, 0.05) is 11.1 Å². The minimum absolute atomic E-state index is 0.194.